The first-order valence-electron chi connectivity index (χ1n) is 3.15. The van der Waals surface area contributed by atoms with Gasteiger partial charge in [0.1, 0.15) is 0 Å². The van der Waals surface area contributed by atoms with Crippen LogP contribution in [0.1, 0.15) is 0 Å². The Balaban J connectivity index is 3.14. The van der Waals surface area contributed by atoms with E-state index in [9.17, 15) is 8.42 Å². The maximum Gasteiger partial charge on any atom is 0.178 e. The minimum absolute atomic E-state index is 0.280. The van der Waals surface area contributed by atoms with Gasteiger partial charge in [0.05, 0.1) is 10.6 Å². The molecule has 58 valence electrons. The normalized spacial score (nSPS) is 11.4. The average Bonchev–Trinajstić information content (AvgIpc) is 2.06. The molecule has 0 aliphatic carbocycles. The van der Waals surface area contributed by atoms with Crippen LogP contribution in [-0.2, 0) is 9.84 Å². The molecule has 1 aromatic rings. The summed E-state index contributed by atoms with van der Waals surface area (Å²) in [5, 5.41) is 0. The van der Waals surface area contributed by atoms with Crippen molar-refractivity contribution in [3.8, 4) is 0 Å². The maximum atomic E-state index is 11.1. The standard InChI is InChI=1S/C8H8O2S/c1-2-11(9,10)8-6-4-3-5-7-8/h1,3-7H,2H2. The summed E-state index contributed by atoms with van der Waals surface area (Å²) in [6.07, 6.45) is 0. The van der Waals surface area contributed by atoms with Crippen LogP contribution in [-0.4, -0.2) is 14.2 Å². The van der Waals surface area contributed by atoms with Crippen molar-refractivity contribution in [1.29, 1.82) is 0 Å². The molecule has 0 saturated heterocycles. The smallest absolute Gasteiger partial charge is 0.178 e. The van der Waals surface area contributed by atoms with Crippen LogP contribution in [0.4, 0.5) is 0 Å². The van der Waals surface area contributed by atoms with Gasteiger partial charge >= 0.3 is 0 Å². The van der Waals surface area contributed by atoms with E-state index in [4.69, 9.17) is 6.92 Å². The van der Waals surface area contributed by atoms with Crippen LogP contribution in [0.25, 0.3) is 0 Å². The molecule has 0 aliphatic rings. The van der Waals surface area contributed by atoms with E-state index in [0.717, 1.165) is 0 Å². The van der Waals surface area contributed by atoms with Gasteiger partial charge in [0, 0.05) is 0 Å². The van der Waals surface area contributed by atoms with Crippen molar-refractivity contribution in [1.82, 2.24) is 0 Å². The summed E-state index contributed by atoms with van der Waals surface area (Å²) in [6, 6.07) is 8.16. The topological polar surface area (TPSA) is 34.1 Å². The first kappa shape index (κ1) is 8.27. The molecule has 0 heterocycles. The van der Waals surface area contributed by atoms with Gasteiger partial charge in [-0.25, -0.2) is 8.42 Å². The molecule has 0 spiro atoms. The summed E-state index contributed by atoms with van der Waals surface area (Å²) in [5.41, 5.74) is 0. The Morgan fingerprint density at radius 2 is 1.73 bits per heavy atom. The molecule has 0 aliphatic heterocycles. The zero-order valence-electron chi connectivity index (χ0n) is 5.90. The minimum atomic E-state index is -3.22. The van der Waals surface area contributed by atoms with Crippen LogP contribution in [0, 0.1) is 6.92 Å². The Bertz CT molecular complexity index is 313. The van der Waals surface area contributed by atoms with Crippen LogP contribution in [0.3, 0.4) is 0 Å². The predicted molar refractivity (Wildman–Crippen MR) is 42.8 cm³/mol. The fourth-order valence-corrected chi connectivity index (χ4v) is 1.49. The van der Waals surface area contributed by atoms with Crippen LogP contribution in [0.2, 0.25) is 0 Å². The maximum absolute atomic E-state index is 11.1. The van der Waals surface area contributed by atoms with Gasteiger partial charge in [-0.1, -0.05) is 18.2 Å². The molecule has 0 bridgehead atoms. The van der Waals surface area contributed by atoms with Gasteiger partial charge in [0.2, 0.25) is 0 Å². The molecule has 0 N–H and O–H groups in total. The molecule has 0 amide bonds. The number of hydrogen-bond donors (Lipinski definition) is 0. The molecule has 1 aromatic carbocycles. The Morgan fingerprint density at radius 1 is 1.18 bits per heavy atom. The predicted octanol–water partition coefficient (Wildman–Crippen LogP) is 1.17. The lowest BCUT2D eigenvalue weighted by atomic mass is 10.4. The fourth-order valence-electron chi connectivity index (χ4n) is 0.724. The number of hydrogen-bond acceptors (Lipinski definition) is 2. The van der Waals surface area contributed by atoms with Crippen LogP contribution in [0.15, 0.2) is 35.2 Å². The van der Waals surface area contributed by atoms with E-state index in [-0.39, 0.29) is 10.6 Å². The zero-order valence-corrected chi connectivity index (χ0v) is 6.71. The molecule has 0 saturated carbocycles. The van der Waals surface area contributed by atoms with Crippen molar-refractivity contribution in [3.63, 3.8) is 0 Å². The third kappa shape index (κ3) is 1.80. The van der Waals surface area contributed by atoms with Crippen LogP contribution >= 0.6 is 0 Å². The molecule has 0 atom stereocenters. The minimum Gasteiger partial charge on any atom is -0.224 e. The summed E-state index contributed by atoms with van der Waals surface area (Å²) in [5.74, 6) is -0.336. The number of rotatable bonds is 2. The summed E-state index contributed by atoms with van der Waals surface area (Å²) in [7, 11) is -3.22. The summed E-state index contributed by atoms with van der Waals surface area (Å²) < 4.78 is 22.2. The second-order valence-corrected chi connectivity index (χ2v) is 4.13. The monoisotopic (exact) mass is 168 g/mol. The van der Waals surface area contributed by atoms with Gasteiger partial charge in [-0.2, -0.15) is 0 Å². The summed E-state index contributed by atoms with van der Waals surface area (Å²) in [6.45, 7) is 5.05. The highest BCUT2D eigenvalue weighted by atomic mass is 32.2. The van der Waals surface area contributed by atoms with Gasteiger partial charge in [-0.15, -0.1) is 0 Å². The highest BCUT2D eigenvalue weighted by Gasteiger charge is 2.08. The van der Waals surface area contributed by atoms with Crippen molar-refractivity contribution < 1.29 is 8.42 Å². The van der Waals surface area contributed by atoms with E-state index >= 15 is 0 Å². The first-order chi connectivity index (χ1) is 5.17. The lowest BCUT2D eigenvalue weighted by Crippen LogP contribution is -2.02. The Hall–Kier alpha value is -0.830. The molecule has 0 unspecified atom stereocenters. The van der Waals surface area contributed by atoms with Gasteiger partial charge < -0.3 is 0 Å². The fraction of sp³-hybridized carbons (Fsp3) is 0.125. The molecular weight excluding hydrogens is 160 g/mol. The van der Waals surface area contributed by atoms with Crippen LogP contribution < -0.4 is 0 Å². The second-order valence-electron chi connectivity index (χ2n) is 2.09. The molecule has 0 aromatic heterocycles. The molecular formula is C8H8O2S. The lowest BCUT2D eigenvalue weighted by Gasteiger charge is -1.97. The van der Waals surface area contributed by atoms with Crippen LogP contribution in [0.5, 0.6) is 0 Å². The number of sulfone groups is 1. The summed E-state index contributed by atoms with van der Waals surface area (Å²) >= 11 is 0. The Kier molecular flexibility index (Phi) is 2.29. The first-order valence-corrected chi connectivity index (χ1v) is 4.80. The SMILES string of the molecule is [CH]CS(=O)(=O)c1ccccc1. The molecule has 3 heteroatoms. The van der Waals surface area contributed by atoms with E-state index in [0.29, 0.717) is 0 Å². The second kappa shape index (κ2) is 3.05. The van der Waals surface area contributed by atoms with Gasteiger partial charge in [-0.05, 0) is 19.1 Å². The molecule has 0 fully saturated rings. The molecule has 11 heavy (non-hydrogen) atoms. The van der Waals surface area contributed by atoms with Gasteiger partial charge in [0.15, 0.2) is 9.84 Å². The van der Waals surface area contributed by atoms with E-state index in [1.807, 2.05) is 0 Å². The highest BCUT2D eigenvalue weighted by molar-refractivity contribution is 7.91. The van der Waals surface area contributed by atoms with E-state index in [1.165, 1.54) is 12.1 Å². The van der Waals surface area contributed by atoms with E-state index in [2.05, 4.69) is 0 Å². The van der Waals surface area contributed by atoms with Crippen molar-refractivity contribution in [2.75, 3.05) is 5.75 Å². The quantitative estimate of drug-likeness (QED) is 0.664. The molecule has 2 radical (unpaired) electrons. The average molecular weight is 168 g/mol. The van der Waals surface area contributed by atoms with E-state index in [1.54, 1.807) is 18.2 Å². The van der Waals surface area contributed by atoms with Gasteiger partial charge in [0.25, 0.3) is 0 Å². The largest absolute Gasteiger partial charge is 0.224 e. The third-order valence-electron chi connectivity index (χ3n) is 1.32. The van der Waals surface area contributed by atoms with E-state index < -0.39 is 9.84 Å². The number of benzene rings is 1. The van der Waals surface area contributed by atoms with Gasteiger partial charge in [-0.3, -0.25) is 0 Å². The van der Waals surface area contributed by atoms with Crippen molar-refractivity contribution >= 4 is 9.84 Å². The molecule has 1 rings (SSSR count). The summed E-state index contributed by atoms with van der Waals surface area (Å²) in [4.78, 5) is 0.280. The third-order valence-corrected chi connectivity index (χ3v) is 2.75. The lowest BCUT2D eigenvalue weighted by molar-refractivity contribution is 0.599. The van der Waals surface area contributed by atoms with Crippen molar-refractivity contribution in [2.45, 2.75) is 4.90 Å². The zero-order chi connectivity index (χ0) is 8.32. The highest BCUT2D eigenvalue weighted by Crippen LogP contribution is 2.08. The molecule has 2 nitrogen and oxygen atoms in total. The Morgan fingerprint density at radius 3 is 2.18 bits per heavy atom. The van der Waals surface area contributed by atoms with Crippen molar-refractivity contribution in [2.24, 2.45) is 0 Å². The van der Waals surface area contributed by atoms with Crippen molar-refractivity contribution in [3.05, 3.63) is 37.3 Å². The Labute approximate surface area is 66.8 Å².